The van der Waals surface area contributed by atoms with Gasteiger partial charge in [-0.25, -0.2) is 8.78 Å². The van der Waals surface area contributed by atoms with E-state index in [2.05, 4.69) is 15.3 Å². The first kappa shape index (κ1) is 15.5. The second-order valence-corrected chi connectivity index (χ2v) is 4.92. The van der Waals surface area contributed by atoms with E-state index >= 15 is 0 Å². The molecular weight excluding hydrogens is 316 g/mol. The number of hydrogen-bond donors (Lipinski definition) is 2. The molecule has 120 valence electrons. The summed E-state index contributed by atoms with van der Waals surface area (Å²) in [4.78, 5) is 30.8. The number of carbonyl (C=O) groups is 2. The molecule has 1 aromatic carbocycles. The van der Waals surface area contributed by atoms with E-state index in [1.165, 1.54) is 30.7 Å². The van der Waals surface area contributed by atoms with Crippen molar-refractivity contribution in [1.29, 1.82) is 0 Å². The van der Waals surface area contributed by atoms with Crippen molar-refractivity contribution in [2.24, 2.45) is 0 Å². The predicted octanol–water partition coefficient (Wildman–Crippen LogP) is 3.17. The van der Waals surface area contributed by atoms with Gasteiger partial charge >= 0.3 is 0 Å². The molecular formula is C17H11F2N3O2. The lowest BCUT2D eigenvalue weighted by Crippen LogP contribution is -2.12. The van der Waals surface area contributed by atoms with E-state index in [9.17, 15) is 18.4 Å². The second kappa shape index (κ2) is 6.41. The predicted molar refractivity (Wildman–Crippen MR) is 82.8 cm³/mol. The van der Waals surface area contributed by atoms with Crippen LogP contribution in [0.2, 0.25) is 0 Å². The lowest BCUT2D eigenvalue weighted by molar-refractivity contribution is 0.102. The quantitative estimate of drug-likeness (QED) is 0.723. The Labute approximate surface area is 135 Å². The van der Waals surface area contributed by atoms with Gasteiger partial charge in [0.15, 0.2) is 5.78 Å². The van der Waals surface area contributed by atoms with Crippen molar-refractivity contribution in [3.05, 3.63) is 83.4 Å². The van der Waals surface area contributed by atoms with Crippen molar-refractivity contribution in [1.82, 2.24) is 9.97 Å². The highest BCUT2D eigenvalue weighted by Gasteiger charge is 2.21. The molecule has 0 atom stereocenters. The number of hydrogen-bond acceptors (Lipinski definition) is 3. The third-order valence-corrected chi connectivity index (χ3v) is 3.32. The molecule has 0 aliphatic rings. The van der Waals surface area contributed by atoms with Crippen LogP contribution >= 0.6 is 0 Å². The molecule has 3 aromatic rings. The third-order valence-electron chi connectivity index (χ3n) is 3.32. The maximum atomic E-state index is 13.7. The Bertz CT molecular complexity index is 887. The van der Waals surface area contributed by atoms with E-state index in [1.54, 1.807) is 12.1 Å². The standard InChI is InChI=1S/C17H11F2N3O2/c18-12-2-1-3-13(19)15(12)16(23)10-8-14(21-9-10)17(24)22-11-4-6-20-7-5-11/h1-9,21H,(H,20,22,24). The van der Waals surface area contributed by atoms with Gasteiger partial charge in [0.05, 0.1) is 5.56 Å². The Kier molecular flexibility index (Phi) is 4.15. The molecule has 5 nitrogen and oxygen atoms in total. The molecule has 0 bridgehead atoms. The molecule has 0 spiro atoms. The molecule has 0 aliphatic heterocycles. The average molecular weight is 327 g/mol. The minimum atomic E-state index is -0.955. The Morgan fingerprint density at radius 1 is 1.04 bits per heavy atom. The Hall–Kier alpha value is -3.35. The van der Waals surface area contributed by atoms with Gasteiger partial charge in [-0.1, -0.05) is 6.07 Å². The number of halogens is 2. The average Bonchev–Trinajstić information content (AvgIpc) is 3.05. The van der Waals surface area contributed by atoms with Crippen LogP contribution in [0.3, 0.4) is 0 Å². The van der Waals surface area contributed by atoms with Crippen LogP contribution < -0.4 is 5.32 Å². The summed E-state index contributed by atoms with van der Waals surface area (Å²) in [5.74, 6) is -3.24. The zero-order chi connectivity index (χ0) is 17.1. The highest BCUT2D eigenvalue weighted by molar-refractivity contribution is 6.11. The fourth-order valence-corrected chi connectivity index (χ4v) is 2.15. The summed E-state index contributed by atoms with van der Waals surface area (Å²) in [6.07, 6.45) is 4.26. The van der Waals surface area contributed by atoms with Crippen molar-refractivity contribution < 1.29 is 18.4 Å². The number of ketones is 1. The largest absolute Gasteiger partial charge is 0.356 e. The van der Waals surface area contributed by atoms with Gasteiger partial charge in [-0.15, -0.1) is 0 Å². The SMILES string of the molecule is O=C(Nc1ccncc1)c1cc(C(=O)c2c(F)cccc2F)c[nH]1. The van der Waals surface area contributed by atoms with Crippen LogP contribution in [0.5, 0.6) is 0 Å². The summed E-state index contributed by atoms with van der Waals surface area (Å²) in [5, 5.41) is 2.60. The summed E-state index contributed by atoms with van der Waals surface area (Å²) in [6, 6.07) is 7.61. The number of anilines is 1. The highest BCUT2D eigenvalue weighted by Crippen LogP contribution is 2.18. The maximum absolute atomic E-state index is 13.7. The van der Waals surface area contributed by atoms with Crippen LogP contribution in [0.4, 0.5) is 14.5 Å². The van der Waals surface area contributed by atoms with Gasteiger partial charge < -0.3 is 10.3 Å². The fourth-order valence-electron chi connectivity index (χ4n) is 2.15. The number of nitrogens with zero attached hydrogens (tertiary/aromatic N) is 1. The molecule has 1 amide bonds. The van der Waals surface area contributed by atoms with E-state index in [0.717, 1.165) is 12.1 Å². The van der Waals surface area contributed by atoms with Crippen molar-refractivity contribution in [3.63, 3.8) is 0 Å². The molecule has 3 rings (SSSR count). The van der Waals surface area contributed by atoms with E-state index < -0.39 is 28.9 Å². The molecule has 0 radical (unpaired) electrons. The number of aromatic nitrogens is 2. The summed E-state index contributed by atoms with van der Waals surface area (Å²) < 4.78 is 27.4. The lowest BCUT2D eigenvalue weighted by atomic mass is 10.0. The van der Waals surface area contributed by atoms with Gasteiger partial charge in [0.2, 0.25) is 0 Å². The minimum absolute atomic E-state index is 0.0149. The summed E-state index contributed by atoms with van der Waals surface area (Å²) >= 11 is 0. The van der Waals surface area contributed by atoms with E-state index in [4.69, 9.17) is 0 Å². The van der Waals surface area contributed by atoms with Gasteiger partial charge in [-0.3, -0.25) is 14.6 Å². The van der Waals surface area contributed by atoms with Crippen LogP contribution in [0.1, 0.15) is 26.4 Å². The number of rotatable bonds is 4. The molecule has 2 heterocycles. The second-order valence-electron chi connectivity index (χ2n) is 4.92. The number of H-pyrrole nitrogens is 1. The number of aromatic amines is 1. The minimum Gasteiger partial charge on any atom is -0.356 e. The van der Waals surface area contributed by atoms with Crippen LogP contribution in [-0.4, -0.2) is 21.7 Å². The molecule has 0 saturated heterocycles. The third kappa shape index (κ3) is 3.05. The maximum Gasteiger partial charge on any atom is 0.272 e. The highest BCUT2D eigenvalue weighted by atomic mass is 19.1. The fraction of sp³-hybridized carbons (Fsp3) is 0. The van der Waals surface area contributed by atoms with Crippen LogP contribution in [0, 0.1) is 11.6 Å². The topological polar surface area (TPSA) is 74.8 Å². The van der Waals surface area contributed by atoms with Gasteiger partial charge in [0, 0.05) is 29.8 Å². The molecule has 7 heteroatoms. The number of carbonyl (C=O) groups excluding carboxylic acids is 2. The Morgan fingerprint density at radius 2 is 1.71 bits per heavy atom. The normalized spacial score (nSPS) is 10.4. The Balaban J connectivity index is 1.83. The van der Waals surface area contributed by atoms with Crippen LogP contribution in [0.25, 0.3) is 0 Å². The molecule has 0 unspecified atom stereocenters. The summed E-state index contributed by atoms with van der Waals surface area (Å²) in [7, 11) is 0. The van der Waals surface area contributed by atoms with Gasteiger partial charge in [-0.2, -0.15) is 0 Å². The van der Waals surface area contributed by atoms with Crippen molar-refractivity contribution in [2.75, 3.05) is 5.32 Å². The van der Waals surface area contributed by atoms with Crippen LogP contribution in [0.15, 0.2) is 55.0 Å². The smallest absolute Gasteiger partial charge is 0.272 e. The van der Waals surface area contributed by atoms with Gasteiger partial charge in [0.25, 0.3) is 5.91 Å². The number of amides is 1. The van der Waals surface area contributed by atoms with E-state index in [0.29, 0.717) is 5.69 Å². The first-order chi connectivity index (χ1) is 11.6. The van der Waals surface area contributed by atoms with Crippen molar-refractivity contribution >= 4 is 17.4 Å². The van der Waals surface area contributed by atoms with Gasteiger partial charge in [0.1, 0.15) is 17.3 Å². The molecule has 0 saturated carbocycles. The Morgan fingerprint density at radius 3 is 2.38 bits per heavy atom. The molecule has 2 N–H and O–H groups in total. The lowest BCUT2D eigenvalue weighted by Gasteiger charge is -2.02. The number of pyridine rings is 1. The molecule has 0 aliphatic carbocycles. The van der Waals surface area contributed by atoms with Crippen molar-refractivity contribution in [2.45, 2.75) is 0 Å². The molecule has 0 fully saturated rings. The zero-order valence-corrected chi connectivity index (χ0v) is 12.2. The summed E-state index contributed by atoms with van der Waals surface area (Å²) in [5.41, 5.74) is -0.0546. The van der Waals surface area contributed by atoms with Crippen molar-refractivity contribution in [3.8, 4) is 0 Å². The zero-order valence-electron chi connectivity index (χ0n) is 12.2. The van der Waals surface area contributed by atoms with E-state index in [1.807, 2.05) is 0 Å². The van der Waals surface area contributed by atoms with E-state index in [-0.39, 0.29) is 11.3 Å². The molecule has 2 aromatic heterocycles. The number of benzene rings is 1. The first-order valence-electron chi connectivity index (χ1n) is 6.95. The first-order valence-corrected chi connectivity index (χ1v) is 6.95. The van der Waals surface area contributed by atoms with Gasteiger partial charge in [-0.05, 0) is 30.3 Å². The summed E-state index contributed by atoms with van der Waals surface area (Å²) in [6.45, 7) is 0. The number of nitrogens with one attached hydrogen (secondary N) is 2. The van der Waals surface area contributed by atoms with Crippen LogP contribution in [-0.2, 0) is 0 Å². The monoisotopic (exact) mass is 327 g/mol. The molecule has 24 heavy (non-hydrogen) atoms.